The van der Waals surface area contributed by atoms with E-state index in [2.05, 4.69) is 4.98 Å². The summed E-state index contributed by atoms with van der Waals surface area (Å²) in [5.74, 6) is 0.366. The van der Waals surface area contributed by atoms with Crippen LogP contribution in [0.25, 0.3) is 0 Å². The fourth-order valence-corrected chi connectivity index (χ4v) is 1.58. The predicted molar refractivity (Wildman–Crippen MR) is 67.5 cm³/mol. The molecule has 1 aromatic rings. The van der Waals surface area contributed by atoms with Crippen LogP contribution < -0.4 is 16.3 Å². The van der Waals surface area contributed by atoms with Crippen LogP contribution in [0, 0.1) is 5.41 Å². The van der Waals surface area contributed by atoms with Crippen molar-refractivity contribution in [1.29, 1.82) is 0 Å². The van der Waals surface area contributed by atoms with Crippen molar-refractivity contribution >= 4 is 5.95 Å². The molecule has 0 spiro atoms. The Labute approximate surface area is 101 Å². The van der Waals surface area contributed by atoms with Crippen LogP contribution >= 0.6 is 0 Å². The first-order valence-electron chi connectivity index (χ1n) is 5.48. The van der Waals surface area contributed by atoms with Crippen molar-refractivity contribution in [2.75, 3.05) is 19.0 Å². The molecule has 0 bridgehead atoms. The molecule has 0 aromatic carbocycles. The highest BCUT2D eigenvalue weighted by molar-refractivity contribution is 5.25. The normalized spacial score (nSPS) is 11.6. The Morgan fingerprint density at radius 2 is 1.76 bits per heavy atom. The van der Waals surface area contributed by atoms with Gasteiger partial charge >= 0.3 is 11.4 Å². The fraction of sp³-hybridized carbons (Fsp3) is 0.727. The van der Waals surface area contributed by atoms with Gasteiger partial charge < -0.3 is 4.90 Å². The minimum Gasteiger partial charge on any atom is -0.348 e. The van der Waals surface area contributed by atoms with Crippen LogP contribution in [0.1, 0.15) is 20.8 Å². The van der Waals surface area contributed by atoms with E-state index in [4.69, 9.17) is 0 Å². The SMILES string of the molecule is CN(C)c1nc(=O)n(CC(C)(C)C)c(=O)n1C. The van der Waals surface area contributed by atoms with E-state index in [0.29, 0.717) is 12.5 Å². The first-order valence-corrected chi connectivity index (χ1v) is 5.48. The van der Waals surface area contributed by atoms with Crippen LogP contribution in [-0.4, -0.2) is 28.2 Å². The van der Waals surface area contributed by atoms with Crippen LogP contribution in [0.5, 0.6) is 0 Å². The number of hydrogen-bond donors (Lipinski definition) is 0. The number of rotatable bonds is 2. The molecule has 6 nitrogen and oxygen atoms in total. The second-order valence-corrected chi connectivity index (χ2v) is 5.58. The van der Waals surface area contributed by atoms with Crippen molar-refractivity contribution in [3.8, 4) is 0 Å². The number of nitrogens with zero attached hydrogens (tertiary/aromatic N) is 4. The van der Waals surface area contributed by atoms with E-state index < -0.39 is 5.69 Å². The molecule has 0 aliphatic carbocycles. The molecular formula is C11H20N4O2. The molecule has 6 heteroatoms. The van der Waals surface area contributed by atoms with E-state index in [1.54, 1.807) is 26.0 Å². The molecule has 1 heterocycles. The van der Waals surface area contributed by atoms with Gasteiger partial charge in [-0.2, -0.15) is 4.98 Å². The Morgan fingerprint density at radius 1 is 1.24 bits per heavy atom. The highest BCUT2D eigenvalue weighted by Crippen LogP contribution is 2.13. The van der Waals surface area contributed by atoms with Gasteiger partial charge in [-0.05, 0) is 5.41 Å². The third-order valence-corrected chi connectivity index (χ3v) is 2.28. The maximum Gasteiger partial charge on any atom is 0.354 e. The minimum atomic E-state index is -0.494. The minimum absolute atomic E-state index is 0.142. The van der Waals surface area contributed by atoms with Gasteiger partial charge in [-0.3, -0.25) is 4.57 Å². The number of aromatic nitrogens is 3. The molecular weight excluding hydrogens is 220 g/mol. The summed E-state index contributed by atoms with van der Waals surface area (Å²) in [6.45, 7) is 6.27. The molecule has 0 aliphatic rings. The summed E-state index contributed by atoms with van der Waals surface area (Å²) in [5.41, 5.74) is -0.965. The highest BCUT2D eigenvalue weighted by atomic mass is 16.2. The zero-order chi connectivity index (χ0) is 13.4. The van der Waals surface area contributed by atoms with E-state index in [-0.39, 0.29) is 11.1 Å². The lowest BCUT2D eigenvalue weighted by atomic mass is 9.97. The Balaban J connectivity index is 3.42. The highest BCUT2D eigenvalue weighted by Gasteiger charge is 2.17. The van der Waals surface area contributed by atoms with Gasteiger partial charge in [-0.15, -0.1) is 0 Å². The quantitative estimate of drug-likeness (QED) is 0.733. The molecule has 17 heavy (non-hydrogen) atoms. The summed E-state index contributed by atoms with van der Waals surface area (Å²) in [4.78, 5) is 29.4. The molecule has 0 N–H and O–H groups in total. The Bertz CT molecular complexity index is 520. The predicted octanol–water partition coefficient (Wildman–Crippen LogP) is 0.0541. The number of hydrogen-bond acceptors (Lipinski definition) is 4. The summed E-state index contributed by atoms with van der Waals surface area (Å²) in [6, 6.07) is 0. The molecule has 0 saturated heterocycles. The third kappa shape index (κ3) is 2.95. The number of anilines is 1. The van der Waals surface area contributed by atoms with Gasteiger partial charge in [0.15, 0.2) is 0 Å². The van der Waals surface area contributed by atoms with Crippen molar-refractivity contribution in [3.05, 3.63) is 21.0 Å². The van der Waals surface area contributed by atoms with Crippen molar-refractivity contribution in [2.24, 2.45) is 12.5 Å². The van der Waals surface area contributed by atoms with Crippen molar-refractivity contribution in [2.45, 2.75) is 27.3 Å². The van der Waals surface area contributed by atoms with Gasteiger partial charge in [0.1, 0.15) is 0 Å². The van der Waals surface area contributed by atoms with Gasteiger partial charge in [0, 0.05) is 27.7 Å². The van der Waals surface area contributed by atoms with Crippen LogP contribution in [0.3, 0.4) is 0 Å². The van der Waals surface area contributed by atoms with E-state index >= 15 is 0 Å². The lowest BCUT2D eigenvalue weighted by Crippen LogP contribution is -2.45. The van der Waals surface area contributed by atoms with Crippen molar-refractivity contribution in [1.82, 2.24) is 14.1 Å². The van der Waals surface area contributed by atoms with Gasteiger partial charge in [0.2, 0.25) is 5.95 Å². The summed E-state index contributed by atoms with van der Waals surface area (Å²) >= 11 is 0. The van der Waals surface area contributed by atoms with E-state index in [0.717, 1.165) is 0 Å². The summed E-state index contributed by atoms with van der Waals surface area (Å²) in [7, 11) is 5.11. The first-order chi connectivity index (χ1) is 7.63. The second-order valence-electron chi connectivity index (χ2n) is 5.58. The van der Waals surface area contributed by atoms with Crippen LogP contribution in [0.2, 0.25) is 0 Å². The molecule has 0 fully saturated rings. The van der Waals surface area contributed by atoms with Crippen molar-refractivity contribution in [3.63, 3.8) is 0 Å². The third-order valence-electron chi connectivity index (χ3n) is 2.28. The molecule has 0 saturated carbocycles. The van der Waals surface area contributed by atoms with Crippen LogP contribution in [-0.2, 0) is 13.6 Å². The smallest absolute Gasteiger partial charge is 0.348 e. The van der Waals surface area contributed by atoms with Gasteiger partial charge in [0.05, 0.1) is 0 Å². The maximum atomic E-state index is 12.1. The molecule has 0 unspecified atom stereocenters. The molecule has 96 valence electrons. The lowest BCUT2D eigenvalue weighted by Gasteiger charge is -2.21. The van der Waals surface area contributed by atoms with Crippen LogP contribution in [0.4, 0.5) is 5.95 Å². The van der Waals surface area contributed by atoms with Gasteiger partial charge in [0.25, 0.3) is 0 Å². The Morgan fingerprint density at radius 3 is 2.18 bits per heavy atom. The average Bonchev–Trinajstić information content (AvgIpc) is 2.16. The van der Waals surface area contributed by atoms with E-state index in [9.17, 15) is 9.59 Å². The Hall–Kier alpha value is -1.59. The zero-order valence-corrected chi connectivity index (χ0v) is 11.3. The molecule has 0 aliphatic heterocycles. The molecule has 1 rings (SSSR count). The van der Waals surface area contributed by atoms with Gasteiger partial charge in [-0.25, -0.2) is 14.2 Å². The molecule has 0 atom stereocenters. The summed E-state index contributed by atoms with van der Waals surface area (Å²) in [5, 5.41) is 0. The van der Waals surface area contributed by atoms with Gasteiger partial charge in [-0.1, -0.05) is 20.8 Å². The fourth-order valence-electron chi connectivity index (χ4n) is 1.58. The van der Waals surface area contributed by atoms with E-state index in [1.807, 2.05) is 20.8 Å². The first kappa shape index (κ1) is 13.5. The van der Waals surface area contributed by atoms with E-state index in [1.165, 1.54) is 9.13 Å². The molecule has 0 radical (unpaired) electrons. The lowest BCUT2D eigenvalue weighted by molar-refractivity contribution is 0.323. The maximum absolute atomic E-state index is 12.1. The standard InChI is InChI=1S/C11H20N4O2/c1-11(2,3)7-15-9(16)12-8(13(4)5)14(6)10(15)17/h7H2,1-6H3. The largest absolute Gasteiger partial charge is 0.354 e. The van der Waals surface area contributed by atoms with Crippen molar-refractivity contribution < 1.29 is 0 Å². The summed E-state index contributed by atoms with van der Waals surface area (Å²) < 4.78 is 2.56. The monoisotopic (exact) mass is 240 g/mol. The topological polar surface area (TPSA) is 60.1 Å². The zero-order valence-electron chi connectivity index (χ0n) is 11.3. The molecule has 1 aromatic heterocycles. The average molecular weight is 240 g/mol. The molecule has 0 amide bonds. The van der Waals surface area contributed by atoms with Crippen LogP contribution in [0.15, 0.2) is 9.59 Å². The Kier molecular flexibility index (Phi) is 3.45. The second kappa shape index (κ2) is 4.35. The summed E-state index contributed by atoms with van der Waals surface area (Å²) in [6.07, 6.45) is 0.